The molecule has 30 heavy (non-hydrogen) atoms. The summed E-state index contributed by atoms with van der Waals surface area (Å²) in [6.45, 7) is 8.32. The van der Waals surface area contributed by atoms with Crippen LogP contribution in [-0.2, 0) is 21.1 Å². The Bertz CT molecular complexity index is 1170. The van der Waals surface area contributed by atoms with Gasteiger partial charge in [0.2, 0.25) is 5.91 Å². The van der Waals surface area contributed by atoms with E-state index in [1.54, 1.807) is 42.5 Å². The molecule has 0 radical (unpaired) electrons. The van der Waals surface area contributed by atoms with E-state index >= 15 is 0 Å². The van der Waals surface area contributed by atoms with Gasteiger partial charge in [-0.25, -0.2) is 8.42 Å². The molecule has 2 aromatic carbocycles. The Morgan fingerprint density at radius 3 is 2.30 bits per heavy atom. The summed E-state index contributed by atoms with van der Waals surface area (Å²) in [6, 6.07) is 10.7. The largest absolute Gasteiger partial charge is 0.464 e. The van der Waals surface area contributed by atoms with Gasteiger partial charge in [0.1, 0.15) is 5.58 Å². The van der Waals surface area contributed by atoms with Crippen LogP contribution in [0.25, 0.3) is 11.0 Å². The number of amides is 1. The second-order valence-corrected chi connectivity index (χ2v) is 10.3. The topological polar surface area (TPSA) is 67.6 Å². The van der Waals surface area contributed by atoms with Crippen molar-refractivity contribution in [3.8, 4) is 0 Å². The van der Waals surface area contributed by atoms with E-state index in [1.807, 2.05) is 13.0 Å². The van der Waals surface area contributed by atoms with Crippen LogP contribution in [0.4, 0.5) is 0 Å². The first-order chi connectivity index (χ1) is 14.0. The molecule has 0 saturated carbocycles. The molecule has 0 N–H and O–H groups in total. The van der Waals surface area contributed by atoms with E-state index in [4.69, 9.17) is 4.42 Å². The summed E-state index contributed by atoms with van der Waals surface area (Å²) in [4.78, 5) is 14.9. The maximum absolute atomic E-state index is 13.0. The third-order valence-electron chi connectivity index (χ3n) is 5.77. The quantitative estimate of drug-likeness (QED) is 0.553. The summed E-state index contributed by atoms with van der Waals surface area (Å²) in [5.74, 6) is 0.370. The summed E-state index contributed by atoms with van der Waals surface area (Å²) in [6.07, 6.45) is 3.10. The molecular formula is C24H29NO4S. The van der Waals surface area contributed by atoms with Crippen molar-refractivity contribution in [1.29, 1.82) is 0 Å². The molecule has 0 bridgehead atoms. The summed E-state index contributed by atoms with van der Waals surface area (Å²) in [7, 11) is -1.47. The fraction of sp³-hybridized carbons (Fsp3) is 0.375. The summed E-state index contributed by atoms with van der Waals surface area (Å²) < 4.78 is 29.0. The number of sulfone groups is 1. The molecule has 3 aromatic rings. The minimum absolute atomic E-state index is 0.0240. The monoisotopic (exact) mass is 427 g/mol. The Balaban J connectivity index is 1.81. The van der Waals surface area contributed by atoms with E-state index in [-0.39, 0.29) is 23.3 Å². The van der Waals surface area contributed by atoms with Gasteiger partial charge < -0.3 is 9.32 Å². The Morgan fingerprint density at radius 1 is 1.10 bits per heavy atom. The second kappa shape index (κ2) is 8.26. The number of carbonyl (C=O) groups is 1. The number of rotatable bonds is 6. The molecule has 1 aromatic heterocycles. The van der Waals surface area contributed by atoms with Crippen LogP contribution in [0.15, 0.2) is 52.0 Å². The molecule has 0 unspecified atom stereocenters. The van der Waals surface area contributed by atoms with E-state index in [9.17, 15) is 13.2 Å². The maximum Gasteiger partial charge on any atom is 0.227 e. The summed E-state index contributed by atoms with van der Waals surface area (Å²) >= 11 is 0. The van der Waals surface area contributed by atoms with Crippen LogP contribution in [0, 0.1) is 6.92 Å². The van der Waals surface area contributed by atoms with Crippen LogP contribution in [0.1, 0.15) is 55.0 Å². The third-order valence-corrected chi connectivity index (χ3v) is 6.90. The lowest BCUT2D eigenvalue weighted by Gasteiger charge is -2.25. The minimum Gasteiger partial charge on any atom is -0.464 e. The molecule has 0 saturated heterocycles. The zero-order valence-electron chi connectivity index (χ0n) is 18.4. The van der Waals surface area contributed by atoms with Gasteiger partial charge in [-0.2, -0.15) is 0 Å². The zero-order valence-corrected chi connectivity index (χ0v) is 19.2. The SMILES string of the molecule is Cc1cc2occ(CC(=O)N(C)[C@@H](C)c3ccc(S(C)(=O)=O)cc3)c2cc1C(C)C. The van der Waals surface area contributed by atoms with Crippen molar-refractivity contribution in [2.24, 2.45) is 0 Å². The first-order valence-corrected chi connectivity index (χ1v) is 11.9. The van der Waals surface area contributed by atoms with Gasteiger partial charge in [-0.15, -0.1) is 0 Å². The van der Waals surface area contributed by atoms with Crippen molar-refractivity contribution in [2.45, 2.75) is 51.0 Å². The molecule has 0 fully saturated rings. The van der Waals surface area contributed by atoms with Gasteiger partial charge in [0, 0.05) is 24.3 Å². The smallest absolute Gasteiger partial charge is 0.227 e. The summed E-state index contributed by atoms with van der Waals surface area (Å²) in [5.41, 5.74) is 5.00. The highest BCUT2D eigenvalue weighted by Crippen LogP contribution is 2.30. The van der Waals surface area contributed by atoms with Crippen LogP contribution >= 0.6 is 0 Å². The van der Waals surface area contributed by atoms with Crippen LogP contribution < -0.4 is 0 Å². The lowest BCUT2D eigenvalue weighted by molar-refractivity contribution is -0.131. The van der Waals surface area contributed by atoms with Gasteiger partial charge in [0.25, 0.3) is 0 Å². The van der Waals surface area contributed by atoms with Crippen LogP contribution in [0.3, 0.4) is 0 Å². The molecule has 160 valence electrons. The fourth-order valence-electron chi connectivity index (χ4n) is 3.72. The van der Waals surface area contributed by atoms with Crippen molar-refractivity contribution >= 4 is 26.7 Å². The number of hydrogen-bond acceptors (Lipinski definition) is 4. The van der Waals surface area contributed by atoms with E-state index < -0.39 is 9.84 Å². The Kier molecular flexibility index (Phi) is 6.09. The first kappa shape index (κ1) is 22.1. The zero-order chi connectivity index (χ0) is 22.2. The molecular weight excluding hydrogens is 398 g/mol. The van der Waals surface area contributed by atoms with Gasteiger partial charge in [-0.05, 0) is 60.7 Å². The van der Waals surface area contributed by atoms with E-state index in [1.165, 1.54) is 17.4 Å². The van der Waals surface area contributed by atoms with E-state index in [0.717, 1.165) is 22.1 Å². The number of hydrogen-bond donors (Lipinski definition) is 0. The van der Waals surface area contributed by atoms with Gasteiger partial charge in [-0.3, -0.25) is 4.79 Å². The lowest BCUT2D eigenvalue weighted by atomic mass is 9.95. The van der Waals surface area contributed by atoms with Crippen LogP contribution in [0.5, 0.6) is 0 Å². The number of benzene rings is 2. The Morgan fingerprint density at radius 2 is 1.73 bits per heavy atom. The molecule has 1 atom stereocenters. The van der Waals surface area contributed by atoms with E-state index in [2.05, 4.69) is 26.8 Å². The minimum atomic E-state index is -3.24. The second-order valence-electron chi connectivity index (χ2n) is 8.32. The van der Waals surface area contributed by atoms with Crippen LogP contribution in [0.2, 0.25) is 0 Å². The van der Waals surface area contributed by atoms with Gasteiger partial charge >= 0.3 is 0 Å². The average molecular weight is 428 g/mol. The highest BCUT2D eigenvalue weighted by Gasteiger charge is 2.21. The fourth-order valence-corrected chi connectivity index (χ4v) is 4.35. The van der Waals surface area contributed by atoms with Crippen molar-refractivity contribution in [3.05, 3.63) is 64.9 Å². The molecule has 0 aliphatic rings. The van der Waals surface area contributed by atoms with Crippen molar-refractivity contribution < 1.29 is 17.6 Å². The van der Waals surface area contributed by atoms with Gasteiger partial charge in [0.15, 0.2) is 9.84 Å². The molecule has 0 spiro atoms. The number of nitrogens with zero attached hydrogens (tertiary/aromatic N) is 1. The maximum atomic E-state index is 13.0. The highest BCUT2D eigenvalue weighted by atomic mass is 32.2. The van der Waals surface area contributed by atoms with Gasteiger partial charge in [0.05, 0.1) is 23.6 Å². The molecule has 5 nitrogen and oxygen atoms in total. The molecule has 1 heterocycles. The molecule has 3 rings (SSSR count). The van der Waals surface area contributed by atoms with Gasteiger partial charge in [-0.1, -0.05) is 26.0 Å². The number of aryl methyl sites for hydroxylation is 1. The normalized spacial score (nSPS) is 13.0. The molecule has 1 amide bonds. The van der Waals surface area contributed by atoms with E-state index in [0.29, 0.717) is 5.92 Å². The average Bonchev–Trinajstić information content (AvgIpc) is 3.06. The molecule has 0 aliphatic carbocycles. The molecule has 6 heteroatoms. The predicted molar refractivity (Wildman–Crippen MR) is 119 cm³/mol. The Labute approximate surface area is 178 Å². The number of likely N-dealkylation sites (N-methyl/N-ethyl adjacent to an activating group) is 1. The Hall–Kier alpha value is -2.60. The summed E-state index contributed by atoms with van der Waals surface area (Å²) in [5, 5.41) is 0.983. The highest BCUT2D eigenvalue weighted by molar-refractivity contribution is 7.90. The van der Waals surface area contributed by atoms with Crippen molar-refractivity contribution in [3.63, 3.8) is 0 Å². The van der Waals surface area contributed by atoms with Crippen LogP contribution in [-0.4, -0.2) is 32.5 Å². The lowest BCUT2D eigenvalue weighted by Crippen LogP contribution is -2.30. The number of carbonyl (C=O) groups excluding carboxylic acids is 1. The standard InChI is InChI=1S/C24H29NO4S/c1-15(2)21-13-22-19(14-29-23(22)11-16(21)3)12-24(26)25(5)17(4)18-7-9-20(10-8-18)30(6,27)28/h7-11,13-15,17H,12H2,1-6H3/t17-/m0/s1. The number of furan rings is 1. The third kappa shape index (κ3) is 4.43. The number of fused-ring (bicyclic) bond motifs is 1. The van der Waals surface area contributed by atoms with Crippen molar-refractivity contribution in [2.75, 3.05) is 13.3 Å². The first-order valence-electron chi connectivity index (χ1n) is 10.0. The predicted octanol–water partition coefficient (Wildman–Crippen LogP) is 5.03. The molecule has 0 aliphatic heterocycles. The van der Waals surface area contributed by atoms with Crippen molar-refractivity contribution in [1.82, 2.24) is 4.90 Å².